The number of nitrogen functional groups attached to an aromatic ring is 1. The molecule has 8 heteroatoms. The Morgan fingerprint density at radius 3 is 2.69 bits per heavy atom. The van der Waals surface area contributed by atoms with Crippen LogP contribution in [-0.4, -0.2) is 20.7 Å². The smallest absolute Gasteiger partial charge is 0.161 e. The first-order valence-electron chi connectivity index (χ1n) is 7.89. The minimum absolute atomic E-state index is 0.104. The third-order valence-corrected chi connectivity index (χ3v) is 6.21. The fraction of sp³-hybridized carbons (Fsp3) is 0.278. The van der Waals surface area contributed by atoms with Gasteiger partial charge in [0.05, 0.1) is 16.7 Å². The normalized spacial score (nSPS) is 10.9. The first-order chi connectivity index (χ1) is 12.3. The summed E-state index contributed by atoms with van der Waals surface area (Å²) in [6.07, 6.45) is 0. The second-order valence-electron chi connectivity index (χ2n) is 5.92. The van der Waals surface area contributed by atoms with E-state index in [2.05, 4.69) is 21.0 Å². The van der Waals surface area contributed by atoms with Gasteiger partial charge in [0, 0.05) is 16.1 Å². The largest absolute Gasteiger partial charge is 0.383 e. The number of nitriles is 1. The highest BCUT2D eigenvalue weighted by atomic mass is 32.2. The Bertz CT molecular complexity index is 1080. The van der Waals surface area contributed by atoms with Crippen LogP contribution in [0.5, 0.6) is 0 Å². The summed E-state index contributed by atoms with van der Waals surface area (Å²) in [5.41, 5.74) is 8.69. The van der Waals surface area contributed by atoms with Gasteiger partial charge in [0.1, 0.15) is 27.6 Å². The summed E-state index contributed by atoms with van der Waals surface area (Å²) < 4.78 is 0. The van der Waals surface area contributed by atoms with E-state index in [0.717, 1.165) is 15.8 Å². The Balaban J connectivity index is 1.92. The minimum Gasteiger partial charge on any atom is -0.383 e. The predicted molar refractivity (Wildman–Crippen MR) is 105 cm³/mol. The van der Waals surface area contributed by atoms with Gasteiger partial charge in [-0.25, -0.2) is 15.0 Å². The maximum absolute atomic E-state index is 11.6. The molecule has 0 fully saturated rings. The standard InChI is InChI=1S/C18H17N5OS2/c1-8-11(4)26-18-15(8)16(20)22-14(23-18)7-25-17-12(6-19)5-13(10(3)24)9(2)21-17/h5H,7H2,1-4H3,(H2,20,22,23). The highest BCUT2D eigenvalue weighted by Gasteiger charge is 2.15. The van der Waals surface area contributed by atoms with E-state index in [4.69, 9.17) is 5.73 Å². The fourth-order valence-electron chi connectivity index (χ4n) is 2.65. The topological polar surface area (TPSA) is 106 Å². The molecule has 6 nitrogen and oxygen atoms in total. The zero-order valence-electron chi connectivity index (χ0n) is 14.9. The van der Waals surface area contributed by atoms with Crippen molar-refractivity contribution in [1.29, 1.82) is 5.26 Å². The number of ketones is 1. The number of hydrogen-bond donors (Lipinski definition) is 1. The SMILES string of the molecule is CC(=O)c1cc(C#N)c(SCc2nc(N)c3c(C)c(C)sc3n2)nc1C. The number of hydrogen-bond acceptors (Lipinski definition) is 8. The molecule has 0 radical (unpaired) electrons. The average molecular weight is 384 g/mol. The van der Waals surface area contributed by atoms with E-state index in [1.807, 2.05) is 13.8 Å². The lowest BCUT2D eigenvalue weighted by Gasteiger charge is -2.08. The Hall–Kier alpha value is -2.50. The van der Waals surface area contributed by atoms with Gasteiger partial charge in [-0.15, -0.1) is 11.3 Å². The van der Waals surface area contributed by atoms with Crippen LogP contribution in [-0.2, 0) is 5.75 Å². The molecule has 0 aliphatic heterocycles. The molecular formula is C18H17N5OS2. The lowest BCUT2D eigenvalue weighted by Crippen LogP contribution is -2.03. The molecule has 3 rings (SSSR count). The molecule has 3 aromatic heterocycles. The minimum atomic E-state index is -0.104. The molecule has 0 bridgehead atoms. The third kappa shape index (κ3) is 3.28. The summed E-state index contributed by atoms with van der Waals surface area (Å²) in [7, 11) is 0. The van der Waals surface area contributed by atoms with Gasteiger partial charge < -0.3 is 5.73 Å². The number of fused-ring (bicyclic) bond motifs is 1. The zero-order chi connectivity index (χ0) is 19.0. The van der Waals surface area contributed by atoms with E-state index in [-0.39, 0.29) is 5.78 Å². The molecule has 0 amide bonds. The van der Waals surface area contributed by atoms with Crippen LogP contribution >= 0.6 is 23.1 Å². The number of anilines is 1. The summed E-state index contributed by atoms with van der Waals surface area (Å²) in [5.74, 6) is 1.41. The Kier molecular flexibility index (Phi) is 4.94. The number of pyridine rings is 1. The van der Waals surface area contributed by atoms with Crippen LogP contribution in [0.4, 0.5) is 5.82 Å². The number of Topliss-reactive ketones (excluding diaryl/α,β-unsaturated/α-hetero) is 1. The Labute approximate surface area is 159 Å². The number of aryl methyl sites for hydroxylation is 3. The fourth-order valence-corrected chi connectivity index (χ4v) is 4.57. The second kappa shape index (κ2) is 7.02. The molecular weight excluding hydrogens is 366 g/mol. The third-order valence-electron chi connectivity index (χ3n) is 4.12. The number of nitrogens with zero attached hydrogens (tertiary/aromatic N) is 4. The van der Waals surface area contributed by atoms with Gasteiger partial charge in [-0.05, 0) is 39.3 Å². The van der Waals surface area contributed by atoms with Gasteiger partial charge in [0.25, 0.3) is 0 Å². The molecule has 0 saturated carbocycles. The van der Waals surface area contributed by atoms with Crippen molar-refractivity contribution in [3.8, 4) is 6.07 Å². The summed E-state index contributed by atoms with van der Waals surface area (Å²) in [4.78, 5) is 27.1. The highest BCUT2D eigenvalue weighted by Crippen LogP contribution is 2.33. The van der Waals surface area contributed by atoms with E-state index in [1.165, 1.54) is 23.6 Å². The number of rotatable bonds is 4. The summed E-state index contributed by atoms with van der Waals surface area (Å²) in [6, 6.07) is 3.70. The van der Waals surface area contributed by atoms with Crippen LogP contribution in [0.15, 0.2) is 11.1 Å². The van der Waals surface area contributed by atoms with Crippen LogP contribution in [0, 0.1) is 32.1 Å². The van der Waals surface area contributed by atoms with Crippen LogP contribution in [0.1, 0.15) is 44.8 Å². The van der Waals surface area contributed by atoms with Crippen molar-refractivity contribution in [3.63, 3.8) is 0 Å². The van der Waals surface area contributed by atoms with Crippen LogP contribution < -0.4 is 5.73 Å². The van der Waals surface area contributed by atoms with Crippen LogP contribution in [0.25, 0.3) is 10.2 Å². The first-order valence-corrected chi connectivity index (χ1v) is 9.69. The molecule has 2 N–H and O–H groups in total. The zero-order valence-corrected chi connectivity index (χ0v) is 16.5. The van der Waals surface area contributed by atoms with Crippen LogP contribution in [0.3, 0.4) is 0 Å². The molecule has 3 heterocycles. The quantitative estimate of drug-likeness (QED) is 0.537. The van der Waals surface area contributed by atoms with E-state index < -0.39 is 0 Å². The number of carbonyl (C=O) groups excluding carboxylic acids is 1. The van der Waals surface area contributed by atoms with Gasteiger partial charge in [-0.1, -0.05) is 11.8 Å². The summed E-state index contributed by atoms with van der Waals surface area (Å²) in [5, 5.41) is 10.8. The monoisotopic (exact) mass is 383 g/mol. The van der Waals surface area contributed by atoms with E-state index in [9.17, 15) is 10.1 Å². The molecule has 132 valence electrons. The predicted octanol–water partition coefficient (Wildman–Crippen LogP) is 3.96. The summed E-state index contributed by atoms with van der Waals surface area (Å²) >= 11 is 2.96. The van der Waals surface area contributed by atoms with Crippen LogP contribution in [0.2, 0.25) is 0 Å². The molecule has 0 saturated heterocycles. The molecule has 26 heavy (non-hydrogen) atoms. The Morgan fingerprint density at radius 2 is 2.04 bits per heavy atom. The molecule has 0 aliphatic carbocycles. The number of carbonyl (C=O) groups is 1. The molecule has 0 spiro atoms. The van der Waals surface area contributed by atoms with Gasteiger partial charge >= 0.3 is 0 Å². The summed E-state index contributed by atoms with van der Waals surface area (Å²) in [6.45, 7) is 7.29. The maximum Gasteiger partial charge on any atom is 0.161 e. The molecule has 3 aromatic rings. The van der Waals surface area contributed by atoms with Crippen molar-refractivity contribution in [3.05, 3.63) is 39.2 Å². The highest BCUT2D eigenvalue weighted by molar-refractivity contribution is 7.98. The maximum atomic E-state index is 11.6. The van der Waals surface area contributed by atoms with E-state index >= 15 is 0 Å². The Morgan fingerprint density at radius 1 is 1.31 bits per heavy atom. The number of aromatic nitrogens is 3. The molecule has 0 unspecified atom stereocenters. The van der Waals surface area contributed by atoms with Crippen molar-refractivity contribution in [2.45, 2.75) is 38.5 Å². The average Bonchev–Trinajstić information content (AvgIpc) is 2.87. The molecule has 0 atom stereocenters. The number of thiophene rings is 1. The number of thioether (sulfide) groups is 1. The molecule has 0 aromatic carbocycles. The van der Waals surface area contributed by atoms with Gasteiger partial charge in [-0.3, -0.25) is 4.79 Å². The van der Waals surface area contributed by atoms with Crippen molar-refractivity contribution in [1.82, 2.24) is 15.0 Å². The van der Waals surface area contributed by atoms with Crippen molar-refractivity contribution in [2.75, 3.05) is 5.73 Å². The lowest BCUT2D eigenvalue weighted by molar-refractivity contribution is 0.101. The van der Waals surface area contributed by atoms with Gasteiger partial charge in [-0.2, -0.15) is 5.26 Å². The lowest BCUT2D eigenvalue weighted by atomic mass is 10.1. The van der Waals surface area contributed by atoms with Crippen molar-refractivity contribution < 1.29 is 4.79 Å². The van der Waals surface area contributed by atoms with Gasteiger partial charge in [0.2, 0.25) is 0 Å². The van der Waals surface area contributed by atoms with Crippen molar-refractivity contribution >= 4 is 44.9 Å². The van der Waals surface area contributed by atoms with Crippen molar-refractivity contribution in [2.24, 2.45) is 0 Å². The number of nitrogens with two attached hydrogens (primary N) is 1. The van der Waals surface area contributed by atoms with E-state index in [0.29, 0.717) is 39.2 Å². The van der Waals surface area contributed by atoms with E-state index in [1.54, 1.807) is 24.3 Å². The van der Waals surface area contributed by atoms with Gasteiger partial charge in [0.15, 0.2) is 5.78 Å². The second-order valence-corrected chi connectivity index (χ2v) is 8.09. The molecule has 0 aliphatic rings. The first kappa shape index (κ1) is 18.3.